The summed E-state index contributed by atoms with van der Waals surface area (Å²) in [6, 6.07) is 12.5. The molecule has 0 amide bonds. The molecule has 0 heterocycles. The molecular weight excluding hydrogens is 444 g/mol. The van der Waals surface area contributed by atoms with E-state index in [0.29, 0.717) is 5.92 Å². The van der Waals surface area contributed by atoms with Gasteiger partial charge in [-0.25, -0.2) is 0 Å². The van der Waals surface area contributed by atoms with Crippen LogP contribution in [0.2, 0.25) is 0 Å². The molecule has 198 valence electrons. The molecule has 1 saturated carbocycles. The van der Waals surface area contributed by atoms with Crippen molar-refractivity contribution in [2.24, 2.45) is 11.3 Å². The fourth-order valence-electron chi connectivity index (χ4n) is 7.09. The molecule has 0 aliphatic heterocycles. The van der Waals surface area contributed by atoms with E-state index in [0.717, 1.165) is 6.42 Å². The summed E-state index contributed by atoms with van der Waals surface area (Å²) in [6.07, 6.45) is 16.7. The van der Waals surface area contributed by atoms with Gasteiger partial charge in [0.25, 0.3) is 0 Å². The van der Waals surface area contributed by atoms with Gasteiger partial charge in [-0.15, -0.1) is 0 Å². The topological polar surface area (TPSA) is 0 Å². The normalized spacial score (nSPS) is 21.1. The van der Waals surface area contributed by atoms with Crippen LogP contribution < -0.4 is 0 Å². The molecule has 0 spiro atoms. The van der Waals surface area contributed by atoms with E-state index in [1.165, 1.54) is 66.3 Å². The molecule has 5 rings (SSSR count). The van der Waals surface area contributed by atoms with Crippen molar-refractivity contribution in [1.29, 1.82) is 0 Å². The van der Waals surface area contributed by atoms with Gasteiger partial charge in [-0.1, -0.05) is 130 Å². The first-order chi connectivity index (χ1) is 17.3. The number of fused-ring (bicyclic) bond motifs is 3. The summed E-state index contributed by atoms with van der Waals surface area (Å²) in [6.45, 7) is 21.4. The Morgan fingerprint density at radius 3 is 2.05 bits per heavy atom. The predicted molar refractivity (Wildman–Crippen MR) is 162 cm³/mol. The van der Waals surface area contributed by atoms with Crippen LogP contribution in [0.1, 0.15) is 129 Å². The molecule has 2 aromatic carbocycles. The fourth-order valence-corrected chi connectivity index (χ4v) is 7.09. The summed E-state index contributed by atoms with van der Waals surface area (Å²) < 4.78 is 0. The van der Waals surface area contributed by atoms with E-state index in [9.17, 15) is 0 Å². The standard InChI is InChI=1S/C37H50/c1-10-36(8,9)27-16-17-28(21-27)37(18-12-11-13-19-37)33-24-29(35(5,6)7)23-31-30-22-26(34(2,3)4)15-14-25(30)20-32(31)33/h14-17,21-24,28H,10-13,18-20H2,1-9H3. The van der Waals surface area contributed by atoms with Crippen molar-refractivity contribution >= 4 is 0 Å². The van der Waals surface area contributed by atoms with Crippen LogP contribution in [0.3, 0.4) is 0 Å². The number of rotatable bonds is 4. The van der Waals surface area contributed by atoms with Crippen LogP contribution in [0.4, 0.5) is 0 Å². The molecule has 0 aromatic heterocycles. The summed E-state index contributed by atoms with van der Waals surface area (Å²) in [5.41, 5.74) is 13.1. The Bertz CT molecular complexity index is 1240. The Labute approximate surface area is 227 Å². The predicted octanol–water partition coefficient (Wildman–Crippen LogP) is 10.6. The number of hydrogen-bond donors (Lipinski definition) is 0. The minimum absolute atomic E-state index is 0.126. The summed E-state index contributed by atoms with van der Waals surface area (Å²) in [7, 11) is 0. The molecule has 2 aromatic rings. The van der Waals surface area contributed by atoms with Crippen LogP contribution in [0, 0.1) is 11.3 Å². The van der Waals surface area contributed by atoms with E-state index in [1.807, 2.05) is 0 Å². The van der Waals surface area contributed by atoms with E-state index in [4.69, 9.17) is 0 Å². The van der Waals surface area contributed by atoms with Gasteiger partial charge in [0.15, 0.2) is 0 Å². The largest absolute Gasteiger partial charge is 0.0764 e. The second kappa shape index (κ2) is 9.00. The Hall–Kier alpha value is -2.08. The second-order valence-electron chi connectivity index (χ2n) is 15.1. The third kappa shape index (κ3) is 4.57. The van der Waals surface area contributed by atoms with Gasteiger partial charge >= 0.3 is 0 Å². The molecule has 1 atom stereocenters. The summed E-state index contributed by atoms with van der Waals surface area (Å²) in [5, 5.41) is 0. The van der Waals surface area contributed by atoms with Gasteiger partial charge in [-0.2, -0.15) is 0 Å². The second-order valence-corrected chi connectivity index (χ2v) is 15.1. The first-order valence-electron chi connectivity index (χ1n) is 15.0. The Balaban J connectivity index is 1.73. The highest BCUT2D eigenvalue weighted by atomic mass is 14.5. The third-order valence-electron chi connectivity index (χ3n) is 10.2. The molecule has 0 nitrogen and oxygen atoms in total. The maximum absolute atomic E-state index is 2.67. The van der Waals surface area contributed by atoms with Crippen molar-refractivity contribution in [2.45, 2.75) is 124 Å². The summed E-state index contributed by atoms with van der Waals surface area (Å²) in [4.78, 5) is 0. The lowest BCUT2D eigenvalue weighted by atomic mass is 9.60. The van der Waals surface area contributed by atoms with Crippen LogP contribution >= 0.6 is 0 Å². The first kappa shape index (κ1) is 26.5. The van der Waals surface area contributed by atoms with Gasteiger partial charge in [-0.3, -0.25) is 0 Å². The van der Waals surface area contributed by atoms with Gasteiger partial charge in [0.2, 0.25) is 0 Å². The van der Waals surface area contributed by atoms with E-state index in [-0.39, 0.29) is 21.7 Å². The van der Waals surface area contributed by atoms with Crippen LogP contribution in [0.5, 0.6) is 0 Å². The zero-order valence-electron chi connectivity index (χ0n) is 25.1. The maximum atomic E-state index is 2.67. The average Bonchev–Trinajstić information content (AvgIpc) is 3.48. The van der Waals surface area contributed by atoms with Crippen LogP contribution in [-0.2, 0) is 22.7 Å². The number of hydrogen-bond acceptors (Lipinski definition) is 0. The van der Waals surface area contributed by atoms with E-state index < -0.39 is 0 Å². The molecule has 0 bridgehead atoms. The van der Waals surface area contributed by atoms with Crippen LogP contribution in [0.15, 0.2) is 54.1 Å². The van der Waals surface area contributed by atoms with Gasteiger partial charge in [0.1, 0.15) is 0 Å². The molecule has 37 heavy (non-hydrogen) atoms. The molecule has 0 N–H and O–H groups in total. The molecular formula is C37H50. The van der Waals surface area contributed by atoms with Gasteiger partial charge in [-0.05, 0) is 86.4 Å². The zero-order valence-corrected chi connectivity index (χ0v) is 25.1. The van der Waals surface area contributed by atoms with Crippen molar-refractivity contribution in [3.63, 3.8) is 0 Å². The third-order valence-corrected chi connectivity index (χ3v) is 10.2. The summed E-state index contributed by atoms with van der Waals surface area (Å²) >= 11 is 0. The lowest BCUT2D eigenvalue weighted by Gasteiger charge is -2.44. The van der Waals surface area contributed by atoms with Crippen molar-refractivity contribution in [3.8, 4) is 11.1 Å². The Morgan fingerprint density at radius 1 is 0.784 bits per heavy atom. The van der Waals surface area contributed by atoms with E-state index >= 15 is 0 Å². The molecule has 0 heteroatoms. The highest BCUT2D eigenvalue weighted by molar-refractivity contribution is 5.80. The van der Waals surface area contributed by atoms with Gasteiger partial charge in [0.05, 0.1) is 0 Å². The number of benzene rings is 2. The highest BCUT2D eigenvalue weighted by Crippen LogP contribution is 2.54. The zero-order chi connectivity index (χ0) is 26.8. The molecule has 1 fully saturated rings. The highest BCUT2D eigenvalue weighted by Gasteiger charge is 2.44. The summed E-state index contributed by atoms with van der Waals surface area (Å²) in [5.74, 6) is 0.502. The van der Waals surface area contributed by atoms with Gasteiger partial charge < -0.3 is 0 Å². The smallest absolute Gasteiger partial charge is 0.00538 e. The van der Waals surface area contributed by atoms with Crippen molar-refractivity contribution in [1.82, 2.24) is 0 Å². The monoisotopic (exact) mass is 494 g/mol. The van der Waals surface area contributed by atoms with E-state index in [2.05, 4.69) is 111 Å². The molecule has 0 radical (unpaired) electrons. The van der Waals surface area contributed by atoms with Gasteiger partial charge in [0, 0.05) is 11.3 Å². The quantitative estimate of drug-likeness (QED) is 0.338. The SMILES string of the molecule is CCC(C)(C)C1=CC(C2(c3cc(C(C)(C)C)cc4c3Cc3ccc(C(C)(C)C)cc3-4)CCCCC2)C=C1. The lowest BCUT2D eigenvalue weighted by Crippen LogP contribution is -2.37. The molecule has 1 unspecified atom stereocenters. The van der Waals surface area contributed by atoms with Crippen molar-refractivity contribution < 1.29 is 0 Å². The minimum atomic E-state index is 0.126. The van der Waals surface area contributed by atoms with Crippen LogP contribution in [0.25, 0.3) is 11.1 Å². The Morgan fingerprint density at radius 2 is 1.43 bits per heavy atom. The first-order valence-corrected chi connectivity index (χ1v) is 15.0. The molecule has 3 aliphatic carbocycles. The van der Waals surface area contributed by atoms with E-state index in [1.54, 1.807) is 16.7 Å². The van der Waals surface area contributed by atoms with Crippen molar-refractivity contribution in [3.05, 3.63) is 82.0 Å². The van der Waals surface area contributed by atoms with Crippen molar-refractivity contribution in [2.75, 3.05) is 0 Å². The number of allylic oxidation sites excluding steroid dienone is 4. The average molecular weight is 495 g/mol. The lowest BCUT2D eigenvalue weighted by molar-refractivity contribution is 0.251. The fraction of sp³-hybridized carbons (Fsp3) is 0.568. The molecule has 3 aliphatic rings. The maximum Gasteiger partial charge on any atom is 0.00538 e. The Kier molecular flexibility index (Phi) is 6.45. The molecule has 0 saturated heterocycles. The minimum Gasteiger partial charge on any atom is -0.0764 e. The van der Waals surface area contributed by atoms with Crippen LogP contribution in [-0.4, -0.2) is 0 Å².